The largest absolute Gasteiger partial charge is 0.493 e. The number of rotatable bonds is 6. The molecule has 3 aromatic carbocycles. The molecule has 5 aromatic rings. The number of H-pyrrole nitrogens is 1. The molecule has 3 heterocycles. The van der Waals surface area contributed by atoms with E-state index in [-0.39, 0.29) is 23.7 Å². The zero-order chi connectivity index (χ0) is 26.1. The number of nitrogens with two attached hydrogens (primary N) is 1. The first-order valence-electron chi connectivity index (χ1n) is 12.7. The van der Waals surface area contributed by atoms with E-state index in [1.54, 1.807) is 6.20 Å². The molecule has 0 aliphatic carbocycles. The molecule has 4 N–H and O–H groups in total. The van der Waals surface area contributed by atoms with Crippen LogP contribution in [0.15, 0.2) is 79.0 Å². The molecule has 0 saturated carbocycles. The van der Waals surface area contributed by atoms with E-state index in [2.05, 4.69) is 39.3 Å². The lowest BCUT2D eigenvalue weighted by molar-refractivity contribution is 0.0951. The van der Waals surface area contributed by atoms with Crippen LogP contribution in [0, 0.1) is 0 Å². The van der Waals surface area contributed by atoms with Crippen LogP contribution in [0.25, 0.3) is 22.3 Å². The summed E-state index contributed by atoms with van der Waals surface area (Å²) in [4.78, 5) is 29.5. The summed E-state index contributed by atoms with van der Waals surface area (Å²) in [7, 11) is 0. The van der Waals surface area contributed by atoms with E-state index in [0.717, 1.165) is 45.8 Å². The third-order valence-electron chi connectivity index (χ3n) is 7.02. The molecule has 8 heteroatoms. The number of amides is 1. The molecule has 2 atom stereocenters. The third-order valence-corrected chi connectivity index (χ3v) is 7.02. The predicted molar refractivity (Wildman–Crippen MR) is 147 cm³/mol. The van der Waals surface area contributed by atoms with Crippen LogP contribution in [0.1, 0.15) is 46.1 Å². The smallest absolute Gasteiger partial charge is 0.251 e. The van der Waals surface area contributed by atoms with Gasteiger partial charge in [-0.3, -0.25) is 4.79 Å². The number of aromatic nitrogens is 4. The molecular formula is C30H28N6O2. The van der Waals surface area contributed by atoms with Crippen molar-refractivity contribution in [1.29, 1.82) is 0 Å². The molecule has 1 aliphatic heterocycles. The second-order valence-corrected chi connectivity index (χ2v) is 9.71. The lowest BCUT2D eigenvalue weighted by Crippen LogP contribution is -2.28. The minimum Gasteiger partial charge on any atom is -0.493 e. The topological polar surface area (TPSA) is 119 Å². The molecule has 2 aromatic heterocycles. The summed E-state index contributed by atoms with van der Waals surface area (Å²) in [5, 5.41) is 3.07. The minimum atomic E-state index is -0.0840. The highest BCUT2D eigenvalue weighted by Crippen LogP contribution is 2.33. The Morgan fingerprint density at radius 3 is 2.82 bits per heavy atom. The van der Waals surface area contributed by atoms with Gasteiger partial charge in [0.25, 0.3) is 5.91 Å². The highest BCUT2D eigenvalue weighted by atomic mass is 16.5. The zero-order valence-electron chi connectivity index (χ0n) is 21.0. The number of benzene rings is 3. The van der Waals surface area contributed by atoms with Gasteiger partial charge in [0, 0.05) is 23.9 Å². The van der Waals surface area contributed by atoms with Gasteiger partial charge in [0.05, 0.1) is 29.3 Å². The van der Waals surface area contributed by atoms with Gasteiger partial charge in [0.2, 0.25) is 5.95 Å². The van der Waals surface area contributed by atoms with Gasteiger partial charge in [0.15, 0.2) is 0 Å². The summed E-state index contributed by atoms with van der Waals surface area (Å²) < 4.78 is 6.06. The second-order valence-electron chi connectivity index (χ2n) is 9.71. The second kappa shape index (κ2) is 9.97. The van der Waals surface area contributed by atoms with Crippen LogP contribution in [0.5, 0.6) is 5.75 Å². The van der Waals surface area contributed by atoms with E-state index in [0.29, 0.717) is 18.7 Å². The number of anilines is 1. The highest BCUT2D eigenvalue weighted by molar-refractivity contribution is 5.94. The number of nitrogens with one attached hydrogen (secondary N) is 2. The maximum atomic E-state index is 12.9. The summed E-state index contributed by atoms with van der Waals surface area (Å²) in [6.07, 6.45) is 2.38. The highest BCUT2D eigenvalue weighted by Gasteiger charge is 2.25. The average Bonchev–Trinajstić information content (AvgIpc) is 3.39. The third kappa shape index (κ3) is 4.80. The molecule has 8 nitrogen and oxygen atoms in total. The average molecular weight is 505 g/mol. The van der Waals surface area contributed by atoms with Gasteiger partial charge in [-0.15, -0.1) is 0 Å². The number of aromatic amines is 1. The molecule has 0 fully saturated rings. The van der Waals surface area contributed by atoms with Crippen molar-refractivity contribution >= 4 is 22.9 Å². The van der Waals surface area contributed by atoms with Crippen molar-refractivity contribution in [3.63, 3.8) is 0 Å². The van der Waals surface area contributed by atoms with Gasteiger partial charge in [-0.25, -0.2) is 15.0 Å². The summed E-state index contributed by atoms with van der Waals surface area (Å²) in [6.45, 7) is 3.20. The quantitative estimate of drug-likeness (QED) is 0.304. The zero-order valence-corrected chi connectivity index (χ0v) is 21.0. The monoisotopic (exact) mass is 504 g/mol. The molecule has 6 rings (SSSR count). The minimum absolute atomic E-state index is 0.0458. The Hall–Kier alpha value is -4.72. The predicted octanol–water partition coefficient (Wildman–Crippen LogP) is 4.85. The number of imidazole rings is 1. The first-order chi connectivity index (χ1) is 18.5. The summed E-state index contributed by atoms with van der Waals surface area (Å²) in [5.41, 5.74) is 12.1. The van der Waals surface area contributed by atoms with Crippen LogP contribution in [0.2, 0.25) is 0 Å². The van der Waals surface area contributed by atoms with Gasteiger partial charge in [-0.2, -0.15) is 0 Å². The normalized spacial score (nSPS) is 15.4. The maximum Gasteiger partial charge on any atom is 0.251 e. The molecule has 0 bridgehead atoms. The van der Waals surface area contributed by atoms with E-state index < -0.39 is 0 Å². The van der Waals surface area contributed by atoms with Crippen molar-refractivity contribution < 1.29 is 9.53 Å². The number of fused-ring (bicyclic) bond motifs is 2. The Balaban J connectivity index is 1.17. The van der Waals surface area contributed by atoms with Gasteiger partial charge in [0.1, 0.15) is 11.6 Å². The lowest BCUT2D eigenvalue weighted by atomic mass is 9.94. The SMILES string of the molecule is CC(CNC(=O)c1ccc2c(c1)CC(c1nc3ccc(-c4ccnc(N)n4)cc3[nH]1)CO2)c1ccccc1. The van der Waals surface area contributed by atoms with E-state index in [1.165, 1.54) is 5.56 Å². The summed E-state index contributed by atoms with van der Waals surface area (Å²) >= 11 is 0. The number of nitrogens with zero attached hydrogens (tertiary/aromatic N) is 3. The molecule has 2 unspecified atom stereocenters. The van der Waals surface area contributed by atoms with Crippen LogP contribution >= 0.6 is 0 Å². The van der Waals surface area contributed by atoms with Crippen molar-refractivity contribution in [3.8, 4) is 17.0 Å². The molecule has 190 valence electrons. The van der Waals surface area contributed by atoms with Crippen LogP contribution in [0.3, 0.4) is 0 Å². The molecule has 0 radical (unpaired) electrons. The number of carbonyl (C=O) groups excluding carboxylic acids is 1. The molecule has 1 amide bonds. The van der Waals surface area contributed by atoms with Crippen LogP contribution in [0.4, 0.5) is 5.95 Å². The molecule has 0 spiro atoms. The van der Waals surface area contributed by atoms with Crippen LogP contribution in [-0.4, -0.2) is 39.0 Å². The van der Waals surface area contributed by atoms with E-state index in [1.807, 2.05) is 60.7 Å². The number of carbonyl (C=O) groups is 1. The van der Waals surface area contributed by atoms with Crippen molar-refractivity contribution in [2.24, 2.45) is 0 Å². The fourth-order valence-electron chi connectivity index (χ4n) is 4.88. The summed E-state index contributed by atoms with van der Waals surface area (Å²) in [6, 6.07) is 23.6. The van der Waals surface area contributed by atoms with Gasteiger partial charge >= 0.3 is 0 Å². The Kier molecular flexibility index (Phi) is 6.21. The Labute approximate surface area is 220 Å². The molecular weight excluding hydrogens is 476 g/mol. The number of hydrogen-bond donors (Lipinski definition) is 3. The van der Waals surface area contributed by atoms with Crippen LogP contribution in [-0.2, 0) is 6.42 Å². The fraction of sp³-hybridized carbons (Fsp3) is 0.200. The van der Waals surface area contributed by atoms with E-state index >= 15 is 0 Å². The number of nitrogen functional groups attached to an aromatic ring is 1. The van der Waals surface area contributed by atoms with Crippen molar-refractivity contribution in [3.05, 3.63) is 102 Å². The lowest BCUT2D eigenvalue weighted by Gasteiger charge is -2.24. The van der Waals surface area contributed by atoms with Crippen molar-refractivity contribution in [2.45, 2.75) is 25.2 Å². The maximum absolute atomic E-state index is 12.9. The molecule has 1 aliphatic rings. The molecule has 0 saturated heterocycles. The standard InChI is InChI=1S/C30H28N6O2/c1-18(19-5-3-2-4-6-19)16-33-29(37)21-8-10-27-22(13-21)14-23(17-38-27)28-34-25-9-7-20(15-26(25)35-28)24-11-12-32-30(31)36-24/h2-13,15,18,23H,14,16-17H2,1H3,(H,33,37)(H,34,35)(H2,31,32,36). The van der Waals surface area contributed by atoms with Crippen LogP contribution < -0.4 is 15.8 Å². The van der Waals surface area contributed by atoms with Crippen molar-refractivity contribution in [2.75, 3.05) is 18.9 Å². The fourth-order valence-corrected chi connectivity index (χ4v) is 4.88. The van der Waals surface area contributed by atoms with Gasteiger partial charge < -0.3 is 20.8 Å². The summed E-state index contributed by atoms with van der Waals surface area (Å²) in [5.74, 6) is 2.10. The van der Waals surface area contributed by atoms with Gasteiger partial charge in [-0.05, 0) is 59.9 Å². The van der Waals surface area contributed by atoms with Crippen molar-refractivity contribution in [1.82, 2.24) is 25.3 Å². The number of hydrogen-bond acceptors (Lipinski definition) is 6. The Morgan fingerprint density at radius 2 is 1.97 bits per heavy atom. The molecule has 38 heavy (non-hydrogen) atoms. The number of ether oxygens (including phenoxy) is 1. The van der Waals surface area contributed by atoms with Gasteiger partial charge in [-0.1, -0.05) is 43.3 Å². The van der Waals surface area contributed by atoms with E-state index in [9.17, 15) is 4.79 Å². The van der Waals surface area contributed by atoms with E-state index in [4.69, 9.17) is 15.5 Å². The first-order valence-corrected chi connectivity index (χ1v) is 12.7. The Bertz CT molecular complexity index is 1610. The first kappa shape index (κ1) is 23.7. The Morgan fingerprint density at radius 1 is 1.11 bits per heavy atom.